The molecule has 0 aromatic carbocycles. The molecule has 0 aliphatic heterocycles. The maximum absolute atomic E-state index is 5.92. The summed E-state index contributed by atoms with van der Waals surface area (Å²) in [4.78, 5) is 0. The summed E-state index contributed by atoms with van der Waals surface area (Å²) < 4.78 is 18.3. The van der Waals surface area contributed by atoms with E-state index in [0.29, 0.717) is 4.48 Å². The molecule has 0 saturated carbocycles. The molecule has 188 valence electrons. The molecule has 0 heterocycles. The molecule has 1 unspecified atom stereocenters. The first kappa shape index (κ1) is 31.1. The lowest BCUT2D eigenvalue weighted by Gasteiger charge is -2.48. The van der Waals surface area contributed by atoms with Crippen molar-refractivity contribution in [2.45, 2.75) is 128 Å². The quantitative estimate of drug-likeness (QED) is 0.0801. The molecule has 0 aliphatic rings. The Balaban J connectivity index is 3.79. The van der Waals surface area contributed by atoms with E-state index in [9.17, 15) is 0 Å². The van der Waals surface area contributed by atoms with E-state index < -0.39 is 5.91 Å². The predicted molar refractivity (Wildman–Crippen MR) is 139 cm³/mol. The van der Waals surface area contributed by atoms with Gasteiger partial charge in [-0.05, 0) is 18.9 Å². The largest absolute Gasteiger partial charge is 0.369 e. The monoisotopic (exact) mass is 460 g/mol. The van der Waals surface area contributed by atoms with Gasteiger partial charge in [-0.2, -0.15) is 0 Å². The summed E-state index contributed by atoms with van der Waals surface area (Å²) >= 11 is 0. The van der Waals surface area contributed by atoms with Crippen LogP contribution in [0, 0.1) is 0 Å². The van der Waals surface area contributed by atoms with Crippen molar-refractivity contribution >= 4 is 10.2 Å². The van der Waals surface area contributed by atoms with Crippen molar-refractivity contribution in [2.75, 3.05) is 42.0 Å². The van der Waals surface area contributed by atoms with Crippen molar-refractivity contribution in [1.82, 2.24) is 0 Å². The Hall–Kier alpha value is 0.0569. The van der Waals surface area contributed by atoms with Crippen LogP contribution in [-0.2, 0) is 14.2 Å². The fourth-order valence-electron chi connectivity index (χ4n) is 5.01. The minimum atomic E-state index is -0.716. The zero-order chi connectivity index (χ0) is 23.4. The molecule has 0 aromatic heterocycles. The van der Waals surface area contributed by atoms with Crippen LogP contribution in [-0.4, -0.2) is 68.7 Å². The zero-order valence-electron chi connectivity index (χ0n) is 22.5. The summed E-state index contributed by atoms with van der Waals surface area (Å²) in [6.07, 6.45) is 22.4. The van der Waals surface area contributed by atoms with Crippen LogP contribution in [0.2, 0.25) is 6.04 Å². The van der Waals surface area contributed by atoms with Crippen molar-refractivity contribution in [1.29, 1.82) is 0 Å². The topological polar surface area (TPSA) is 27.7 Å². The smallest absolute Gasteiger partial charge is 0.345 e. The van der Waals surface area contributed by atoms with Gasteiger partial charge >= 0.3 is 5.91 Å². The number of unbranched alkanes of at least 4 members (excludes halogenated alkanes) is 15. The van der Waals surface area contributed by atoms with E-state index >= 15 is 0 Å². The summed E-state index contributed by atoms with van der Waals surface area (Å²) in [7, 11) is 10.8. The number of hydrogen-bond donors (Lipinski definition) is 0. The van der Waals surface area contributed by atoms with Gasteiger partial charge in [-0.15, -0.1) is 0 Å². The number of methoxy groups -OCH3 is 3. The molecule has 0 rings (SSSR count). The highest BCUT2D eigenvalue weighted by Gasteiger charge is 2.53. The van der Waals surface area contributed by atoms with E-state index in [-0.39, 0.29) is 6.10 Å². The van der Waals surface area contributed by atoms with Crippen LogP contribution in [0.25, 0.3) is 0 Å². The molecular weight excluding hydrogens is 402 g/mol. The van der Waals surface area contributed by atoms with E-state index in [1.54, 1.807) is 21.3 Å². The molecule has 0 aromatic rings. The fraction of sp³-hybridized carbons (Fsp3) is 1.00. The number of rotatable bonds is 23. The van der Waals surface area contributed by atoms with Crippen molar-refractivity contribution < 1.29 is 18.7 Å². The van der Waals surface area contributed by atoms with Gasteiger partial charge < -0.3 is 14.2 Å². The molecule has 0 bridgehead atoms. The third-order valence-corrected chi connectivity index (χ3v) is 7.80. The average molecular weight is 461 g/mol. The highest BCUT2D eigenvalue weighted by atomic mass is 28.1. The second-order valence-corrected chi connectivity index (χ2v) is 10.7. The third kappa shape index (κ3) is 12.2. The van der Waals surface area contributed by atoms with E-state index in [1.807, 2.05) is 0 Å². The second-order valence-electron chi connectivity index (χ2n) is 9.88. The van der Waals surface area contributed by atoms with Gasteiger partial charge in [0.15, 0.2) is 6.10 Å². The van der Waals surface area contributed by atoms with Gasteiger partial charge in [-0.25, -0.2) is 0 Å². The van der Waals surface area contributed by atoms with Crippen molar-refractivity contribution in [2.24, 2.45) is 0 Å². The van der Waals surface area contributed by atoms with Crippen LogP contribution in [0.4, 0.5) is 0 Å². The lowest BCUT2D eigenvalue weighted by Crippen LogP contribution is -2.68. The summed E-state index contributed by atoms with van der Waals surface area (Å²) in [5, 5.41) is 0. The molecule has 0 amide bonds. The Morgan fingerprint density at radius 1 is 0.645 bits per heavy atom. The Morgan fingerprint density at radius 3 is 1.29 bits per heavy atom. The summed E-state index contributed by atoms with van der Waals surface area (Å²) in [5.41, 5.74) is 0. The maximum atomic E-state index is 5.92. The van der Waals surface area contributed by atoms with Crippen LogP contribution >= 0.6 is 0 Å². The van der Waals surface area contributed by atoms with Crippen LogP contribution in [0.15, 0.2) is 0 Å². The van der Waals surface area contributed by atoms with Gasteiger partial charge in [-0.1, -0.05) is 96.8 Å². The van der Waals surface area contributed by atoms with Gasteiger partial charge in [0.1, 0.15) is 0 Å². The number of likely N-dealkylation sites (N-methyl/N-ethyl adjacent to an activating group) is 1. The average Bonchev–Trinajstić information content (AvgIpc) is 2.77. The highest BCUT2D eigenvalue weighted by molar-refractivity contribution is 6.08. The molecule has 0 fully saturated rings. The lowest BCUT2D eigenvalue weighted by atomic mass is 10.0. The summed E-state index contributed by atoms with van der Waals surface area (Å²) in [5.74, 6) is -0.716. The van der Waals surface area contributed by atoms with E-state index in [0.717, 1.165) is 22.8 Å². The molecule has 0 spiro atoms. The minimum absolute atomic E-state index is 0.0229. The first-order valence-electron chi connectivity index (χ1n) is 13.4. The van der Waals surface area contributed by atoms with Gasteiger partial charge in [0.05, 0.1) is 20.6 Å². The molecular formula is C26H58NO3Si+. The predicted octanol–water partition coefficient (Wildman–Crippen LogP) is 6.07. The third-order valence-electron chi connectivity index (χ3n) is 7.06. The molecule has 4 nitrogen and oxygen atoms in total. The van der Waals surface area contributed by atoms with E-state index in [4.69, 9.17) is 14.2 Å². The van der Waals surface area contributed by atoms with Crippen molar-refractivity contribution in [3.63, 3.8) is 0 Å². The molecule has 0 saturated heterocycles. The Labute approximate surface area is 198 Å². The van der Waals surface area contributed by atoms with E-state index in [2.05, 4.69) is 21.0 Å². The normalized spacial score (nSPS) is 13.7. The number of ether oxygens (including phenoxy) is 3. The van der Waals surface area contributed by atoms with Crippen LogP contribution in [0.1, 0.15) is 110 Å². The second kappa shape index (κ2) is 19.5. The molecule has 1 atom stereocenters. The van der Waals surface area contributed by atoms with Crippen molar-refractivity contribution in [3.05, 3.63) is 0 Å². The zero-order valence-corrected chi connectivity index (χ0v) is 24.5. The first-order valence-corrected chi connectivity index (χ1v) is 14.8. The number of quaternary nitrogens is 1. The SMILES string of the molecule is CCCCCCCCCCCCCCCCCC[N+](C)(C)C(OC)(OC)C(C[SiH3])OC. The highest BCUT2D eigenvalue weighted by Crippen LogP contribution is 2.31. The van der Waals surface area contributed by atoms with Crippen molar-refractivity contribution in [3.8, 4) is 0 Å². The molecule has 31 heavy (non-hydrogen) atoms. The Bertz CT molecular complexity index is 385. The van der Waals surface area contributed by atoms with Crippen LogP contribution < -0.4 is 0 Å². The van der Waals surface area contributed by atoms with Gasteiger partial charge in [0.2, 0.25) is 0 Å². The molecule has 0 radical (unpaired) electrons. The molecule has 0 N–H and O–H groups in total. The first-order chi connectivity index (χ1) is 15.0. The fourth-order valence-corrected chi connectivity index (χ4v) is 5.86. The van der Waals surface area contributed by atoms with Crippen LogP contribution in [0.3, 0.4) is 0 Å². The Morgan fingerprint density at radius 2 is 1.00 bits per heavy atom. The summed E-state index contributed by atoms with van der Waals surface area (Å²) in [6, 6.07) is 0.999. The molecule has 0 aliphatic carbocycles. The Kier molecular flexibility index (Phi) is 19.6. The lowest BCUT2D eigenvalue weighted by molar-refractivity contribution is -0.999. The van der Waals surface area contributed by atoms with E-state index in [1.165, 1.54) is 103 Å². The van der Waals surface area contributed by atoms with Gasteiger partial charge in [0.25, 0.3) is 0 Å². The van der Waals surface area contributed by atoms with Gasteiger partial charge in [-0.3, -0.25) is 4.48 Å². The maximum Gasteiger partial charge on any atom is 0.345 e. The number of hydrogen-bond acceptors (Lipinski definition) is 3. The standard InChI is InChI=1S/C26H58NO3Si/c1-7-8-9-10-11-12-13-14-15-16-17-18-19-20-21-22-23-27(2,3)26(29-5,30-6)25(24-31)28-4/h25H,7-24H2,1-6,31H3/q+1. The van der Waals surface area contributed by atoms with Crippen LogP contribution in [0.5, 0.6) is 0 Å². The number of nitrogens with zero attached hydrogens (tertiary/aromatic N) is 1. The summed E-state index contributed by atoms with van der Waals surface area (Å²) in [6.45, 7) is 3.34. The minimum Gasteiger partial charge on any atom is -0.369 e. The molecule has 5 heteroatoms. The van der Waals surface area contributed by atoms with Gasteiger partial charge in [0, 0.05) is 31.6 Å².